The highest BCUT2D eigenvalue weighted by atomic mass is 35.5. The van der Waals surface area contributed by atoms with Crippen LogP contribution < -0.4 is 5.73 Å². The molecule has 0 saturated carbocycles. The molecule has 0 aliphatic heterocycles. The van der Waals surface area contributed by atoms with Crippen molar-refractivity contribution in [3.05, 3.63) is 64.2 Å². The van der Waals surface area contributed by atoms with Gasteiger partial charge in [-0.25, -0.2) is 13.6 Å². The van der Waals surface area contributed by atoms with Crippen LogP contribution in [0, 0.1) is 11.6 Å². The van der Waals surface area contributed by atoms with Crippen molar-refractivity contribution in [3.63, 3.8) is 0 Å². The number of hydrogen-bond acceptors (Lipinski definition) is 3. The normalized spacial score (nSPS) is 10.3. The van der Waals surface area contributed by atoms with E-state index in [9.17, 15) is 13.6 Å². The predicted molar refractivity (Wildman–Crippen MR) is 71.3 cm³/mol. The summed E-state index contributed by atoms with van der Waals surface area (Å²) in [6.07, 6.45) is 0. The molecule has 0 aliphatic carbocycles. The van der Waals surface area contributed by atoms with Crippen LogP contribution >= 0.6 is 11.6 Å². The molecule has 2 aromatic rings. The van der Waals surface area contributed by atoms with Crippen LogP contribution in [0.1, 0.15) is 15.9 Å². The number of nitrogens with two attached hydrogens (primary N) is 1. The standard InChI is InChI=1S/C14H10ClF2NO2/c15-10-2-1-3-12(18)13(10)14(19)20-7-8-4-5-9(16)6-11(8)17/h1-6H,7,18H2. The Morgan fingerprint density at radius 2 is 2.00 bits per heavy atom. The molecule has 0 aliphatic rings. The number of carbonyl (C=O) groups is 1. The van der Waals surface area contributed by atoms with Gasteiger partial charge in [-0.15, -0.1) is 0 Å². The lowest BCUT2D eigenvalue weighted by molar-refractivity contribution is 0.0470. The van der Waals surface area contributed by atoms with Gasteiger partial charge in [-0.2, -0.15) is 0 Å². The molecule has 0 spiro atoms. The predicted octanol–water partition coefficient (Wildman–Crippen LogP) is 3.56. The lowest BCUT2D eigenvalue weighted by Crippen LogP contribution is -2.09. The molecule has 2 N–H and O–H groups in total. The number of carbonyl (C=O) groups excluding carboxylic acids is 1. The van der Waals surface area contributed by atoms with Crippen LogP contribution in [0.4, 0.5) is 14.5 Å². The zero-order valence-electron chi connectivity index (χ0n) is 10.2. The molecule has 0 amide bonds. The Morgan fingerprint density at radius 1 is 1.25 bits per heavy atom. The first kappa shape index (κ1) is 14.3. The van der Waals surface area contributed by atoms with Crippen molar-refractivity contribution >= 4 is 23.3 Å². The number of esters is 1. The maximum absolute atomic E-state index is 13.4. The summed E-state index contributed by atoms with van der Waals surface area (Å²) in [5, 5.41) is 0.148. The monoisotopic (exact) mass is 297 g/mol. The van der Waals surface area contributed by atoms with E-state index in [0.29, 0.717) is 6.07 Å². The van der Waals surface area contributed by atoms with Gasteiger partial charge in [-0.3, -0.25) is 0 Å². The van der Waals surface area contributed by atoms with Crippen molar-refractivity contribution in [2.75, 3.05) is 5.73 Å². The highest BCUT2D eigenvalue weighted by molar-refractivity contribution is 6.34. The van der Waals surface area contributed by atoms with Gasteiger partial charge in [-0.05, 0) is 24.3 Å². The van der Waals surface area contributed by atoms with Gasteiger partial charge in [0, 0.05) is 17.3 Å². The van der Waals surface area contributed by atoms with Gasteiger partial charge in [0.15, 0.2) is 0 Å². The van der Waals surface area contributed by atoms with Crippen molar-refractivity contribution in [1.29, 1.82) is 0 Å². The van der Waals surface area contributed by atoms with Crippen LogP contribution in [0.3, 0.4) is 0 Å². The van der Waals surface area contributed by atoms with Crippen LogP contribution in [-0.4, -0.2) is 5.97 Å². The zero-order chi connectivity index (χ0) is 14.7. The van der Waals surface area contributed by atoms with Crippen LogP contribution in [0.5, 0.6) is 0 Å². The molecular weight excluding hydrogens is 288 g/mol. The number of rotatable bonds is 3. The Balaban J connectivity index is 2.13. The Hall–Kier alpha value is -2.14. The van der Waals surface area contributed by atoms with Gasteiger partial charge in [0.1, 0.15) is 23.8 Å². The van der Waals surface area contributed by atoms with Crippen molar-refractivity contribution < 1.29 is 18.3 Å². The average Bonchev–Trinajstić information content (AvgIpc) is 2.37. The largest absolute Gasteiger partial charge is 0.457 e. The average molecular weight is 298 g/mol. The van der Waals surface area contributed by atoms with Gasteiger partial charge in [0.2, 0.25) is 0 Å². The summed E-state index contributed by atoms with van der Waals surface area (Å²) >= 11 is 5.85. The summed E-state index contributed by atoms with van der Waals surface area (Å²) in [6, 6.07) is 7.58. The molecule has 0 unspecified atom stereocenters. The van der Waals surface area contributed by atoms with Crippen LogP contribution in [0.15, 0.2) is 36.4 Å². The van der Waals surface area contributed by atoms with E-state index >= 15 is 0 Å². The molecule has 2 aromatic carbocycles. The topological polar surface area (TPSA) is 52.3 Å². The molecule has 104 valence electrons. The number of hydrogen-bond donors (Lipinski definition) is 1. The van der Waals surface area contributed by atoms with E-state index in [0.717, 1.165) is 6.07 Å². The maximum atomic E-state index is 13.4. The third kappa shape index (κ3) is 3.05. The number of ether oxygens (including phenoxy) is 1. The highest BCUT2D eigenvalue weighted by Crippen LogP contribution is 2.23. The van der Waals surface area contributed by atoms with Gasteiger partial charge < -0.3 is 10.5 Å². The fraction of sp³-hybridized carbons (Fsp3) is 0.0714. The molecule has 3 nitrogen and oxygen atoms in total. The van der Waals surface area contributed by atoms with Crippen molar-refractivity contribution in [2.24, 2.45) is 0 Å². The van der Waals surface area contributed by atoms with E-state index in [1.165, 1.54) is 18.2 Å². The maximum Gasteiger partial charge on any atom is 0.342 e. The number of benzene rings is 2. The Bertz CT molecular complexity index is 641. The second kappa shape index (κ2) is 5.88. The molecule has 0 fully saturated rings. The molecule has 2 rings (SSSR count). The van der Waals surface area contributed by atoms with Gasteiger partial charge in [-0.1, -0.05) is 17.7 Å². The van der Waals surface area contributed by atoms with Crippen molar-refractivity contribution in [1.82, 2.24) is 0 Å². The second-order valence-electron chi connectivity index (χ2n) is 4.02. The zero-order valence-corrected chi connectivity index (χ0v) is 11.0. The van der Waals surface area contributed by atoms with Crippen LogP contribution in [-0.2, 0) is 11.3 Å². The van der Waals surface area contributed by atoms with E-state index in [1.807, 2.05) is 0 Å². The molecule has 0 heterocycles. The Labute approximate surface area is 118 Å². The summed E-state index contributed by atoms with van der Waals surface area (Å²) in [5.41, 5.74) is 5.89. The van der Waals surface area contributed by atoms with E-state index in [4.69, 9.17) is 22.1 Å². The smallest absolute Gasteiger partial charge is 0.342 e. The Kier molecular flexibility index (Phi) is 4.20. The third-order valence-electron chi connectivity index (χ3n) is 2.62. The number of nitrogen functional groups attached to an aromatic ring is 1. The molecular formula is C14H10ClF2NO2. The van der Waals surface area contributed by atoms with Gasteiger partial charge >= 0.3 is 5.97 Å². The summed E-state index contributed by atoms with van der Waals surface area (Å²) in [4.78, 5) is 11.9. The molecule has 0 radical (unpaired) electrons. The third-order valence-corrected chi connectivity index (χ3v) is 2.94. The lowest BCUT2D eigenvalue weighted by atomic mass is 10.2. The van der Waals surface area contributed by atoms with E-state index in [2.05, 4.69) is 0 Å². The minimum Gasteiger partial charge on any atom is -0.457 e. The molecule has 0 aromatic heterocycles. The lowest BCUT2D eigenvalue weighted by Gasteiger charge is -2.09. The molecule has 6 heteroatoms. The van der Waals surface area contributed by atoms with Crippen molar-refractivity contribution in [3.8, 4) is 0 Å². The molecule has 0 bridgehead atoms. The SMILES string of the molecule is Nc1cccc(Cl)c1C(=O)OCc1ccc(F)cc1F. The highest BCUT2D eigenvalue weighted by Gasteiger charge is 2.16. The first-order chi connectivity index (χ1) is 9.49. The molecule has 0 atom stereocenters. The Morgan fingerprint density at radius 3 is 2.65 bits per heavy atom. The van der Waals surface area contributed by atoms with Gasteiger partial charge in [0.25, 0.3) is 0 Å². The minimum absolute atomic E-state index is 0.0247. The van der Waals surface area contributed by atoms with Crippen LogP contribution in [0.2, 0.25) is 5.02 Å². The summed E-state index contributed by atoms with van der Waals surface area (Å²) in [6.45, 7) is -0.338. The summed E-state index contributed by atoms with van der Waals surface area (Å²) in [7, 11) is 0. The quantitative estimate of drug-likeness (QED) is 0.696. The van der Waals surface area contributed by atoms with Crippen LogP contribution in [0.25, 0.3) is 0 Å². The minimum atomic E-state index is -0.787. The first-order valence-corrected chi connectivity index (χ1v) is 6.02. The molecule has 20 heavy (non-hydrogen) atoms. The summed E-state index contributed by atoms with van der Waals surface area (Å²) in [5.74, 6) is -2.25. The summed E-state index contributed by atoms with van der Waals surface area (Å²) < 4.78 is 31.0. The fourth-order valence-electron chi connectivity index (χ4n) is 1.61. The van der Waals surface area contributed by atoms with E-state index in [1.54, 1.807) is 6.07 Å². The number of anilines is 1. The fourth-order valence-corrected chi connectivity index (χ4v) is 1.87. The number of halogens is 3. The molecule has 0 saturated heterocycles. The van der Waals surface area contributed by atoms with Crippen molar-refractivity contribution in [2.45, 2.75) is 6.61 Å². The van der Waals surface area contributed by atoms with Gasteiger partial charge in [0.05, 0.1) is 5.02 Å². The first-order valence-electron chi connectivity index (χ1n) is 5.64. The van der Waals surface area contributed by atoms with E-state index < -0.39 is 17.6 Å². The second-order valence-corrected chi connectivity index (χ2v) is 4.42. The van der Waals surface area contributed by atoms with E-state index in [-0.39, 0.29) is 28.4 Å².